The van der Waals surface area contributed by atoms with E-state index in [0.717, 1.165) is 22.3 Å². The molecular weight excluding hydrogens is 692 g/mol. The lowest BCUT2D eigenvalue weighted by atomic mass is 9.96. The summed E-state index contributed by atoms with van der Waals surface area (Å²) >= 11 is 0. The summed E-state index contributed by atoms with van der Waals surface area (Å²) in [4.78, 5) is 0. The summed E-state index contributed by atoms with van der Waals surface area (Å²) in [6.45, 7) is 4.23. The van der Waals surface area contributed by atoms with Crippen molar-refractivity contribution in [2.75, 3.05) is 19.8 Å². The average molecular weight is 743 g/mol. The van der Waals surface area contributed by atoms with Crippen molar-refractivity contribution in [1.82, 2.24) is 0 Å². The van der Waals surface area contributed by atoms with Crippen molar-refractivity contribution in [2.24, 2.45) is 0 Å². The monoisotopic (exact) mass is 742 g/mol. The Kier molecular flexibility index (Phi) is 15.3. The molecule has 0 unspecified atom stereocenters. The zero-order valence-electron chi connectivity index (χ0n) is 30.2. The minimum Gasteiger partial charge on any atom is -0.394 e. The van der Waals surface area contributed by atoms with Gasteiger partial charge in [-0.15, -0.1) is 6.58 Å². The molecule has 54 heavy (non-hydrogen) atoms. The van der Waals surface area contributed by atoms with E-state index in [1.54, 1.807) is 0 Å². The Morgan fingerprint density at radius 3 is 1.48 bits per heavy atom. The summed E-state index contributed by atoms with van der Waals surface area (Å²) in [7, 11) is 0. The normalized spacial score (nSPS) is 28.4. The summed E-state index contributed by atoms with van der Waals surface area (Å²) in [6, 6.07) is 39.1. The van der Waals surface area contributed by atoms with Gasteiger partial charge in [0.05, 0.1) is 46.2 Å². The molecule has 3 N–H and O–H groups in total. The molecular formula is C43H50O11. The van der Waals surface area contributed by atoms with E-state index in [0.29, 0.717) is 6.61 Å². The molecule has 4 aromatic carbocycles. The second-order valence-corrected chi connectivity index (χ2v) is 13.3. The van der Waals surface area contributed by atoms with Gasteiger partial charge in [-0.3, -0.25) is 0 Å². The first-order chi connectivity index (χ1) is 26.5. The van der Waals surface area contributed by atoms with Gasteiger partial charge in [0.1, 0.15) is 48.8 Å². The van der Waals surface area contributed by atoms with Gasteiger partial charge in [-0.2, -0.15) is 0 Å². The van der Waals surface area contributed by atoms with Crippen LogP contribution in [0.15, 0.2) is 134 Å². The van der Waals surface area contributed by atoms with E-state index in [2.05, 4.69) is 6.58 Å². The van der Waals surface area contributed by atoms with E-state index < -0.39 is 68.0 Å². The lowest BCUT2D eigenvalue weighted by Crippen LogP contribution is -2.65. The Balaban J connectivity index is 1.33. The van der Waals surface area contributed by atoms with Gasteiger partial charge < -0.3 is 53.2 Å². The summed E-state index contributed by atoms with van der Waals surface area (Å²) < 4.78 is 51.1. The molecule has 0 radical (unpaired) electrons. The third-order valence-corrected chi connectivity index (χ3v) is 9.33. The van der Waals surface area contributed by atoms with Crippen LogP contribution >= 0.6 is 0 Å². The van der Waals surface area contributed by atoms with E-state index >= 15 is 0 Å². The number of hydrogen-bond acceptors (Lipinski definition) is 11. The van der Waals surface area contributed by atoms with Crippen LogP contribution < -0.4 is 0 Å². The minimum atomic E-state index is -1.52. The zero-order chi connectivity index (χ0) is 37.5. The first-order valence-electron chi connectivity index (χ1n) is 18.3. The predicted octanol–water partition coefficient (Wildman–Crippen LogP) is 4.71. The molecule has 0 saturated carbocycles. The maximum absolute atomic E-state index is 11.4. The van der Waals surface area contributed by atoms with Gasteiger partial charge in [0.2, 0.25) is 0 Å². The SMILES string of the molecule is C=CCO[C@@H]1O[C@H](CO)[C@H](O[C@H]2O[C@H](COCc3ccccc3)[C@H](OCc3ccccc3)[C@H](OCc3ccccc3)[C@H]2OCc2ccccc2)[C@H](O)[C@H]1O. The zero-order valence-corrected chi connectivity index (χ0v) is 30.2. The molecule has 4 aromatic rings. The first kappa shape index (κ1) is 39.9. The fourth-order valence-corrected chi connectivity index (χ4v) is 6.53. The summed E-state index contributed by atoms with van der Waals surface area (Å²) in [5.41, 5.74) is 3.78. The largest absolute Gasteiger partial charge is 0.394 e. The molecule has 6 rings (SSSR count). The third-order valence-electron chi connectivity index (χ3n) is 9.33. The Morgan fingerprint density at radius 2 is 0.981 bits per heavy atom. The van der Waals surface area contributed by atoms with E-state index in [1.165, 1.54) is 6.08 Å². The maximum atomic E-state index is 11.4. The fourth-order valence-electron chi connectivity index (χ4n) is 6.53. The number of benzene rings is 4. The fraction of sp³-hybridized carbons (Fsp3) is 0.395. The summed E-state index contributed by atoms with van der Waals surface area (Å²) in [5, 5.41) is 32.8. The van der Waals surface area contributed by atoms with Crippen molar-refractivity contribution in [3.63, 3.8) is 0 Å². The molecule has 2 heterocycles. The Hall–Kier alpha value is -3.82. The maximum Gasteiger partial charge on any atom is 0.187 e. The van der Waals surface area contributed by atoms with Crippen LogP contribution in [0.3, 0.4) is 0 Å². The van der Waals surface area contributed by atoms with Crippen LogP contribution in [0, 0.1) is 0 Å². The van der Waals surface area contributed by atoms with E-state index in [-0.39, 0.29) is 33.0 Å². The third kappa shape index (κ3) is 10.9. The van der Waals surface area contributed by atoms with Gasteiger partial charge in [0.15, 0.2) is 12.6 Å². The first-order valence-corrected chi connectivity index (χ1v) is 18.3. The summed E-state index contributed by atoms with van der Waals surface area (Å²) in [6.07, 6.45) is -9.45. The minimum absolute atomic E-state index is 0.0642. The smallest absolute Gasteiger partial charge is 0.187 e. The lowest BCUT2D eigenvalue weighted by molar-refractivity contribution is -0.369. The van der Waals surface area contributed by atoms with Gasteiger partial charge >= 0.3 is 0 Å². The molecule has 0 aliphatic carbocycles. The molecule has 0 aromatic heterocycles. The molecule has 2 saturated heterocycles. The molecule has 0 spiro atoms. The second-order valence-electron chi connectivity index (χ2n) is 13.3. The molecule has 10 atom stereocenters. The quantitative estimate of drug-likeness (QED) is 0.115. The van der Waals surface area contributed by atoms with Crippen molar-refractivity contribution in [3.8, 4) is 0 Å². The molecule has 2 aliphatic heterocycles. The van der Waals surface area contributed by atoms with Gasteiger partial charge in [0.25, 0.3) is 0 Å². The van der Waals surface area contributed by atoms with E-state index in [9.17, 15) is 15.3 Å². The molecule has 0 bridgehead atoms. The highest BCUT2D eigenvalue weighted by atomic mass is 16.8. The lowest BCUT2D eigenvalue weighted by Gasteiger charge is -2.48. The predicted molar refractivity (Wildman–Crippen MR) is 199 cm³/mol. The molecule has 11 nitrogen and oxygen atoms in total. The van der Waals surface area contributed by atoms with Crippen LogP contribution in [0.2, 0.25) is 0 Å². The molecule has 2 fully saturated rings. The van der Waals surface area contributed by atoms with Gasteiger partial charge in [-0.05, 0) is 22.3 Å². The van der Waals surface area contributed by atoms with Crippen molar-refractivity contribution in [1.29, 1.82) is 0 Å². The summed E-state index contributed by atoms with van der Waals surface area (Å²) in [5.74, 6) is 0. The van der Waals surface area contributed by atoms with Crippen LogP contribution in [0.1, 0.15) is 22.3 Å². The van der Waals surface area contributed by atoms with Crippen molar-refractivity contribution in [2.45, 2.75) is 87.8 Å². The molecule has 288 valence electrons. The number of aliphatic hydroxyl groups excluding tert-OH is 3. The van der Waals surface area contributed by atoms with E-state index in [4.69, 9.17) is 37.9 Å². The molecule has 0 amide bonds. The van der Waals surface area contributed by atoms with Crippen molar-refractivity contribution < 1.29 is 53.2 Å². The molecule has 2 aliphatic rings. The van der Waals surface area contributed by atoms with Crippen molar-refractivity contribution in [3.05, 3.63) is 156 Å². The Labute approximate surface area is 316 Å². The van der Waals surface area contributed by atoms with Crippen molar-refractivity contribution >= 4 is 0 Å². The topological polar surface area (TPSA) is 135 Å². The Bertz CT molecular complexity index is 1630. The standard InChI is InChI=1S/C43H50O11/c1-2-23-48-42-37(46)36(45)38(34(24-44)52-42)54-43-41(51-28-33-21-13-6-14-22-33)40(50-27-32-19-11-5-12-20-32)39(49-26-31-17-9-4-10-18-31)35(53-43)29-47-25-30-15-7-3-8-16-30/h2-22,34-46H,1,23-29H2/t34-,35-,36-,37-,38+,39+,40+,41-,42-,43-/m1/s1. The highest BCUT2D eigenvalue weighted by molar-refractivity contribution is 5.16. The van der Waals surface area contributed by atoms with E-state index in [1.807, 2.05) is 121 Å². The second kappa shape index (κ2) is 20.7. The van der Waals surface area contributed by atoms with Gasteiger partial charge in [0, 0.05) is 0 Å². The van der Waals surface area contributed by atoms with Crippen LogP contribution in [0.4, 0.5) is 0 Å². The average Bonchev–Trinajstić information content (AvgIpc) is 3.22. The number of rotatable bonds is 19. The van der Waals surface area contributed by atoms with Crippen LogP contribution in [0.25, 0.3) is 0 Å². The number of hydrogen-bond donors (Lipinski definition) is 3. The molecule has 11 heteroatoms. The van der Waals surface area contributed by atoms with Gasteiger partial charge in [-0.25, -0.2) is 0 Å². The highest BCUT2D eigenvalue weighted by Gasteiger charge is 2.53. The van der Waals surface area contributed by atoms with Gasteiger partial charge in [-0.1, -0.05) is 127 Å². The number of aliphatic hydroxyl groups is 3. The Morgan fingerprint density at radius 1 is 0.519 bits per heavy atom. The van der Waals surface area contributed by atoms with Crippen LogP contribution in [-0.4, -0.2) is 96.6 Å². The number of ether oxygens (including phenoxy) is 8. The highest BCUT2D eigenvalue weighted by Crippen LogP contribution is 2.34. The van der Waals surface area contributed by atoms with Crippen LogP contribution in [0.5, 0.6) is 0 Å². The van der Waals surface area contributed by atoms with Crippen LogP contribution in [-0.2, 0) is 64.3 Å².